The third kappa shape index (κ3) is 3.58. The lowest BCUT2D eigenvalue weighted by atomic mass is 10.1. The molecule has 0 unspecified atom stereocenters. The molecule has 2 aromatic heterocycles. The van der Waals surface area contributed by atoms with E-state index in [0.717, 1.165) is 17.8 Å². The fraction of sp³-hybridized carbons (Fsp3) is 0.154. The van der Waals surface area contributed by atoms with Gasteiger partial charge < -0.3 is 5.73 Å². The van der Waals surface area contributed by atoms with Gasteiger partial charge in [-0.15, -0.1) is 11.3 Å². The molecule has 2 rings (SSSR count). The fourth-order valence-electron chi connectivity index (χ4n) is 1.65. The number of carbonyl (C=O) groups is 1. The standard InChI is InChI=1S/C13H8F3N3OS2/c14-13(15,16)8-4-9(10-2-1-3-21-10)19-12(7(8)5-17)22-6-11(18)20/h1-4H,6H2,(H2,18,20). The zero-order valence-electron chi connectivity index (χ0n) is 10.8. The third-order valence-electron chi connectivity index (χ3n) is 2.53. The quantitative estimate of drug-likeness (QED) is 0.864. The second-order valence-corrected chi connectivity index (χ2v) is 5.99. The molecule has 1 amide bonds. The van der Waals surface area contributed by atoms with Gasteiger partial charge in [0.05, 0.1) is 27.5 Å². The minimum atomic E-state index is -4.69. The lowest BCUT2D eigenvalue weighted by Gasteiger charge is -2.13. The van der Waals surface area contributed by atoms with E-state index in [1.807, 2.05) is 0 Å². The van der Waals surface area contributed by atoms with Crippen LogP contribution in [0.5, 0.6) is 0 Å². The van der Waals surface area contributed by atoms with Gasteiger partial charge in [0, 0.05) is 0 Å². The van der Waals surface area contributed by atoms with Crippen LogP contribution in [-0.2, 0) is 11.0 Å². The Labute approximate surface area is 131 Å². The number of thioether (sulfide) groups is 1. The van der Waals surface area contributed by atoms with Gasteiger partial charge in [0.25, 0.3) is 0 Å². The van der Waals surface area contributed by atoms with Crippen molar-refractivity contribution in [3.05, 3.63) is 34.7 Å². The summed E-state index contributed by atoms with van der Waals surface area (Å²) in [6.07, 6.45) is -4.69. The first-order valence-corrected chi connectivity index (χ1v) is 7.66. The molecule has 0 saturated carbocycles. The lowest BCUT2D eigenvalue weighted by Crippen LogP contribution is -2.14. The molecule has 22 heavy (non-hydrogen) atoms. The monoisotopic (exact) mass is 343 g/mol. The van der Waals surface area contributed by atoms with Gasteiger partial charge >= 0.3 is 6.18 Å². The number of alkyl halides is 3. The van der Waals surface area contributed by atoms with E-state index in [4.69, 9.17) is 11.0 Å². The van der Waals surface area contributed by atoms with Crippen LogP contribution in [0.3, 0.4) is 0 Å². The topological polar surface area (TPSA) is 79.8 Å². The summed E-state index contributed by atoms with van der Waals surface area (Å²) in [5.74, 6) is -0.960. The summed E-state index contributed by atoms with van der Waals surface area (Å²) >= 11 is 1.95. The molecule has 0 atom stereocenters. The average molecular weight is 343 g/mol. The van der Waals surface area contributed by atoms with E-state index in [0.29, 0.717) is 4.88 Å². The molecule has 0 saturated heterocycles. The number of halogens is 3. The molecule has 0 aliphatic heterocycles. The number of thiophene rings is 1. The minimum absolute atomic E-state index is 0.105. The number of nitrogens with two attached hydrogens (primary N) is 1. The summed E-state index contributed by atoms with van der Waals surface area (Å²) in [4.78, 5) is 15.5. The normalized spacial score (nSPS) is 11.2. The molecule has 0 aliphatic carbocycles. The van der Waals surface area contributed by atoms with E-state index < -0.39 is 23.2 Å². The second kappa shape index (κ2) is 6.37. The van der Waals surface area contributed by atoms with Gasteiger partial charge in [-0.1, -0.05) is 17.8 Å². The Kier molecular flexibility index (Phi) is 4.73. The minimum Gasteiger partial charge on any atom is -0.369 e. The van der Waals surface area contributed by atoms with Gasteiger partial charge in [-0.3, -0.25) is 4.79 Å². The first kappa shape index (κ1) is 16.3. The van der Waals surface area contributed by atoms with E-state index in [1.54, 1.807) is 17.5 Å². The number of hydrogen-bond donors (Lipinski definition) is 1. The van der Waals surface area contributed by atoms with Gasteiger partial charge in [-0.05, 0) is 17.5 Å². The van der Waals surface area contributed by atoms with E-state index in [2.05, 4.69) is 4.98 Å². The number of aromatic nitrogens is 1. The highest BCUT2D eigenvalue weighted by molar-refractivity contribution is 8.00. The molecular weight excluding hydrogens is 335 g/mol. The van der Waals surface area contributed by atoms with Gasteiger partial charge in [0.1, 0.15) is 11.1 Å². The van der Waals surface area contributed by atoms with E-state index in [9.17, 15) is 18.0 Å². The highest BCUT2D eigenvalue weighted by atomic mass is 32.2. The van der Waals surface area contributed by atoms with Crippen LogP contribution in [0.25, 0.3) is 10.6 Å². The third-order valence-corrected chi connectivity index (χ3v) is 4.42. The van der Waals surface area contributed by atoms with Crippen molar-refractivity contribution in [1.82, 2.24) is 4.98 Å². The van der Waals surface area contributed by atoms with Crippen molar-refractivity contribution in [2.45, 2.75) is 11.2 Å². The van der Waals surface area contributed by atoms with Gasteiger partial charge in [-0.25, -0.2) is 4.98 Å². The molecule has 0 spiro atoms. The Balaban J connectivity index is 2.62. The number of rotatable bonds is 4. The zero-order chi connectivity index (χ0) is 16.3. The summed E-state index contributed by atoms with van der Waals surface area (Å²) < 4.78 is 39.5. The first-order valence-electron chi connectivity index (χ1n) is 5.80. The predicted octanol–water partition coefficient (Wildman–Crippen LogP) is 3.28. The number of amides is 1. The Bertz CT molecular complexity index is 736. The number of nitriles is 1. The molecule has 2 heterocycles. The van der Waals surface area contributed by atoms with Crippen molar-refractivity contribution in [2.75, 3.05) is 5.75 Å². The number of pyridine rings is 1. The molecule has 9 heteroatoms. The van der Waals surface area contributed by atoms with Crippen LogP contribution in [0.1, 0.15) is 11.1 Å². The molecule has 0 radical (unpaired) electrons. The maximum Gasteiger partial charge on any atom is 0.417 e. The Morgan fingerprint density at radius 1 is 1.50 bits per heavy atom. The highest BCUT2D eigenvalue weighted by Gasteiger charge is 2.36. The van der Waals surface area contributed by atoms with Gasteiger partial charge in [0.2, 0.25) is 5.91 Å². The number of nitrogens with zero attached hydrogens (tertiary/aromatic N) is 2. The van der Waals surface area contributed by atoms with Crippen molar-refractivity contribution in [1.29, 1.82) is 5.26 Å². The maximum atomic E-state index is 13.2. The summed E-state index contributed by atoms with van der Waals surface area (Å²) in [5.41, 5.74) is 3.44. The van der Waals surface area contributed by atoms with Crippen LogP contribution >= 0.6 is 23.1 Å². The molecule has 0 fully saturated rings. The Morgan fingerprint density at radius 3 is 2.73 bits per heavy atom. The van der Waals surface area contributed by atoms with Gasteiger partial charge in [-0.2, -0.15) is 18.4 Å². The smallest absolute Gasteiger partial charge is 0.369 e. The molecule has 0 aromatic carbocycles. The highest BCUT2D eigenvalue weighted by Crippen LogP contribution is 2.38. The Hall–Kier alpha value is -2.05. The Morgan fingerprint density at radius 2 is 2.23 bits per heavy atom. The largest absolute Gasteiger partial charge is 0.417 e. The van der Waals surface area contributed by atoms with Crippen molar-refractivity contribution in [3.8, 4) is 16.6 Å². The number of primary amides is 1. The van der Waals surface area contributed by atoms with Crippen molar-refractivity contribution in [3.63, 3.8) is 0 Å². The van der Waals surface area contributed by atoms with E-state index >= 15 is 0 Å². The summed E-state index contributed by atoms with van der Waals surface area (Å²) in [6, 6.07) is 5.67. The van der Waals surface area contributed by atoms with Crippen molar-refractivity contribution < 1.29 is 18.0 Å². The van der Waals surface area contributed by atoms with Crippen LogP contribution < -0.4 is 5.73 Å². The van der Waals surface area contributed by atoms with Crippen molar-refractivity contribution in [2.24, 2.45) is 5.73 Å². The summed E-state index contributed by atoms with van der Waals surface area (Å²) in [6.45, 7) is 0. The molecule has 4 nitrogen and oxygen atoms in total. The van der Waals surface area contributed by atoms with Crippen LogP contribution in [-0.4, -0.2) is 16.6 Å². The molecule has 2 aromatic rings. The average Bonchev–Trinajstić information content (AvgIpc) is 2.97. The molecular formula is C13H8F3N3OS2. The van der Waals surface area contributed by atoms with Crippen molar-refractivity contribution >= 4 is 29.0 Å². The predicted molar refractivity (Wildman–Crippen MR) is 77.2 cm³/mol. The fourth-order valence-corrected chi connectivity index (χ4v) is 3.08. The van der Waals surface area contributed by atoms with E-state index in [1.165, 1.54) is 17.4 Å². The van der Waals surface area contributed by atoms with E-state index in [-0.39, 0.29) is 16.5 Å². The first-order chi connectivity index (χ1) is 10.3. The van der Waals surface area contributed by atoms with Crippen LogP contribution in [0.15, 0.2) is 28.6 Å². The van der Waals surface area contributed by atoms with Crippen LogP contribution in [0.4, 0.5) is 13.2 Å². The molecule has 0 bridgehead atoms. The second-order valence-electron chi connectivity index (χ2n) is 4.08. The number of carbonyl (C=O) groups excluding carboxylic acids is 1. The van der Waals surface area contributed by atoms with Crippen LogP contribution in [0.2, 0.25) is 0 Å². The zero-order valence-corrected chi connectivity index (χ0v) is 12.5. The molecule has 0 aliphatic rings. The lowest BCUT2D eigenvalue weighted by molar-refractivity contribution is -0.138. The van der Waals surface area contributed by atoms with Gasteiger partial charge in [0.15, 0.2) is 0 Å². The summed E-state index contributed by atoms with van der Waals surface area (Å²) in [5, 5.41) is 10.6. The van der Waals surface area contributed by atoms with Crippen LogP contribution in [0, 0.1) is 11.3 Å². The summed E-state index contributed by atoms with van der Waals surface area (Å²) in [7, 11) is 0. The molecule has 2 N–H and O–H groups in total. The number of hydrogen-bond acceptors (Lipinski definition) is 5. The SMILES string of the molecule is N#Cc1c(C(F)(F)F)cc(-c2cccs2)nc1SCC(N)=O. The maximum absolute atomic E-state index is 13.2. The molecule has 114 valence electrons.